The maximum absolute atomic E-state index is 14.1. The van der Waals surface area contributed by atoms with Crippen LogP contribution in [0.25, 0.3) is 11.1 Å². The first-order valence-corrected chi connectivity index (χ1v) is 19.6. The molecule has 0 aromatic heterocycles. The van der Waals surface area contributed by atoms with E-state index in [4.69, 9.17) is 26.3 Å². The highest BCUT2D eigenvalue weighted by molar-refractivity contribution is 6.30. The largest absolute Gasteiger partial charge is 0.489 e. The van der Waals surface area contributed by atoms with Crippen LogP contribution in [0, 0.1) is 11.3 Å². The first-order valence-electron chi connectivity index (χ1n) is 19.2. The fraction of sp³-hybridized carbons (Fsp3) is 0.146. The normalized spacial score (nSPS) is 15.9. The van der Waals surface area contributed by atoms with Crippen LogP contribution < -0.4 is 20.1 Å². The minimum Gasteiger partial charge on any atom is -0.489 e. The predicted octanol–water partition coefficient (Wildman–Crippen LogP) is 7.91. The van der Waals surface area contributed by atoms with E-state index in [1.165, 1.54) is 4.90 Å². The molecule has 0 spiro atoms. The van der Waals surface area contributed by atoms with Crippen LogP contribution in [0.2, 0.25) is 5.02 Å². The summed E-state index contributed by atoms with van der Waals surface area (Å²) in [6.07, 6.45) is -0.891. The van der Waals surface area contributed by atoms with Crippen LogP contribution in [-0.2, 0) is 40.4 Å². The molecule has 60 heavy (non-hydrogen) atoms. The summed E-state index contributed by atoms with van der Waals surface area (Å²) in [5.74, 6) is -1.60. The second-order valence-corrected chi connectivity index (χ2v) is 15.0. The Kier molecular flexibility index (Phi) is 11.3. The molecule has 0 bridgehead atoms. The number of carbonyl (C=O) groups excluding carboxylic acids is 3. The molecule has 0 aliphatic carbocycles. The molecule has 3 amide bonds. The van der Waals surface area contributed by atoms with Crippen molar-refractivity contribution in [2.45, 2.75) is 44.2 Å². The highest BCUT2D eigenvalue weighted by atomic mass is 35.5. The number of carbonyl (C=O) groups is 4. The average Bonchev–Trinajstić information content (AvgIpc) is 3.27. The van der Waals surface area contributed by atoms with E-state index in [0.717, 1.165) is 22.3 Å². The minimum absolute atomic E-state index is 0.00146. The third-order valence-corrected chi connectivity index (χ3v) is 10.8. The first-order chi connectivity index (χ1) is 29.1. The number of carboxylic acids is 1. The Bertz CT molecular complexity index is 2630. The van der Waals surface area contributed by atoms with E-state index in [1.807, 2.05) is 42.5 Å². The Hall–Kier alpha value is -7.42. The molecule has 298 valence electrons. The molecule has 2 aliphatic rings. The van der Waals surface area contributed by atoms with E-state index < -0.39 is 36.0 Å². The van der Waals surface area contributed by atoms with Gasteiger partial charge in [0.15, 0.2) is 0 Å². The van der Waals surface area contributed by atoms with Crippen LogP contribution in [-0.4, -0.2) is 45.8 Å². The molecular formula is C48H37ClN4O7. The number of benzene rings is 6. The lowest BCUT2D eigenvalue weighted by Crippen LogP contribution is -2.56. The number of nitrogens with zero attached hydrogens (tertiary/aromatic N) is 2. The van der Waals surface area contributed by atoms with Gasteiger partial charge >= 0.3 is 5.97 Å². The quantitative estimate of drug-likeness (QED) is 0.119. The maximum Gasteiger partial charge on any atom is 0.326 e. The van der Waals surface area contributed by atoms with Gasteiger partial charge in [0.1, 0.15) is 30.2 Å². The summed E-state index contributed by atoms with van der Waals surface area (Å²) in [5, 5.41) is 25.6. The van der Waals surface area contributed by atoms with Gasteiger partial charge in [-0.15, -0.1) is 0 Å². The molecule has 2 heterocycles. The molecule has 11 nitrogen and oxygen atoms in total. The van der Waals surface area contributed by atoms with E-state index in [2.05, 4.69) is 16.7 Å². The predicted molar refractivity (Wildman–Crippen MR) is 224 cm³/mol. The summed E-state index contributed by atoms with van der Waals surface area (Å²) >= 11 is 6.09. The van der Waals surface area contributed by atoms with Gasteiger partial charge in [0.25, 0.3) is 11.8 Å². The van der Waals surface area contributed by atoms with E-state index in [0.29, 0.717) is 56.6 Å². The van der Waals surface area contributed by atoms with Crippen LogP contribution in [0.3, 0.4) is 0 Å². The molecule has 0 radical (unpaired) electrons. The van der Waals surface area contributed by atoms with Crippen LogP contribution in [0.1, 0.15) is 49.8 Å². The van der Waals surface area contributed by atoms with Crippen LogP contribution in [0.15, 0.2) is 140 Å². The maximum atomic E-state index is 14.1. The number of carboxylic acid groups (broad SMARTS) is 1. The average molecular weight is 817 g/mol. The molecular weight excluding hydrogens is 780 g/mol. The zero-order valence-corrected chi connectivity index (χ0v) is 32.8. The molecule has 0 saturated carbocycles. The molecule has 2 unspecified atom stereocenters. The number of amides is 3. The molecule has 6 aromatic carbocycles. The van der Waals surface area contributed by atoms with Crippen molar-refractivity contribution in [2.75, 3.05) is 5.32 Å². The summed E-state index contributed by atoms with van der Waals surface area (Å²) in [5.41, 5.74) is 6.78. The van der Waals surface area contributed by atoms with Gasteiger partial charge in [0.2, 0.25) is 12.0 Å². The Labute approximate surface area is 350 Å². The minimum atomic E-state index is -1.29. The highest BCUT2D eigenvalue weighted by Gasteiger charge is 2.39. The van der Waals surface area contributed by atoms with E-state index in [-0.39, 0.29) is 25.3 Å². The van der Waals surface area contributed by atoms with Crippen molar-refractivity contribution in [2.24, 2.45) is 0 Å². The summed E-state index contributed by atoms with van der Waals surface area (Å²) in [6.45, 7) is 0.353. The highest BCUT2D eigenvalue weighted by Crippen LogP contribution is 2.40. The van der Waals surface area contributed by atoms with Gasteiger partial charge in [-0.05, 0) is 94.0 Å². The van der Waals surface area contributed by atoms with Crippen molar-refractivity contribution in [1.82, 2.24) is 10.2 Å². The SMILES string of the molecule is N#Cc1ccc(-c2ccc(C[C@H](NC(=O)C3Cc4cc5c(cc4CN3C(=O)c3ccccc3)OC(c3ccc(OCc4cccc(Cl)c4)cc3)C(=O)N5)C(=O)O)cc2)cc1. The zero-order valence-electron chi connectivity index (χ0n) is 32.0. The number of hydrogen-bond acceptors (Lipinski definition) is 7. The smallest absolute Gasteiger partial charge is 0.326 e. The van der Waals surface area contributed by atoms with Gasteiger partial charge in [-0.25, -0.2) is 4.79 Å². The van der Waals surface area contributed by atoms with E-state index >= 15 is 0 Å². The molecule has 0 saturated heterocycles. The number of nitrogens with one attached hydrogen (secondary N) is 2. The summed E-state index contributed by atoms with van der Waals surface area (Å²) in [6, 6.07) is 40.8. The zero-order chi connectivity index (χ0) is 41.8. The Morgan fingerprint density at radius 3 is 2.27 bits per heavy atom. The summed E-state index contributed by atoms with van der Waals surface area (Å²) in [4.78, 5) is 55.6. The number of ether oxygens (including phenoxy) is 2. The fourth-order valence-corrected chi connectivity index (χ4v) is 7.62. The van der Waals surface area contributed by atoms with Crippen molar-refractivity contribution in [3.63, 3.8) is 0 Å². The topological polar surface area (TPSA) is 158 Å². The Morgan fingerprint density at radius 1 is 0.867 bits per heavy atom. The molecule has 2 aliphatic heterocycles. The number of anilines is 1. The second kappa shape index (κ2) is 17.2. The van der Waals surface area contributed by atoms with Crippen molar-refractivity contribution >= 4 is 41.0 Å². The van der Waals surface area contributed by atoms with Crippen molar-refractivity contribution in [3.05, 3.63) is 183 Å². The molecule has 8 rings (SSSR count). The molecule has 3 atom stereocenters. The number of nitriles is 1. The van der Waals surface area contributed by atoms with Gasteiger partial charge < -0.3 is 30.1 Å². The monoisotopic (exact) mass is 816 g/mol. The van der Waals surface area contributed by atoms with Crippen molar-refractivity contribution in [1.29, 1.82) is 5.26 Å². The van der Waals surface area contributed by atoms with E-state index in [9.17, 15) is 24.3 Å². The van der Waals surface area contributed by atoms with Gasteiger partial charge in [0.05, 0.1) is 17.3 Å². The van der Waals surface area contributed by atoms with Gasteiger partial charge in [-0.1, -0.05) is 90.5 Å². The van der Waals surface area contributed by atoms with Crippen molar-refractivity contribution < 1.29 is 33.8 Å². The van der Waals surface area contributed by atoms with Crippen molar-refractivity contribution in [3.8, 4) is 28.7 Å². The number of aliphatic carboxylic acids is 1. The number of rotatable bonds is 11. The van der Waals surface area contributed by atoms with Crippen LogP contribution in [0.4, 0.5) is 5.69 Å². The van der Waals surface area contributed by atoms with E-state index in [1.54, 1.807) is 97.1 Å². The van der Waals surface area contributed by atoms with Crippen LogP contribution in [0.5, 0.6) is 11.5 Å². The summed E-state index contributed by atoms with van der Waals surface area (Å²) < 4.78 is 12.2. The van der Waals surface area contributed by atoms with Gasteiger partial charge in [0, 0.05) is 35.5 Å². The fourth-order valence-electron chi connectivity index (χ4n) is 7.41. The molecule has 6 aromatic rings. The number of fused-ring (bicyclic) bond motifs is 2. The lowest BCUT2D eigenvalue weighted by molar-refractivity contribution is -0.142. The lowest BCUT2D eigenvalue weighted by Gasteiger charge is -2.37. The number of hydrogen-bond donors (Lipinski definition) is 3. The molecule has 3 N–H and O–H groups in total. The van der Waals surface area contributed by atoms with Gasteiger partial charge in [-0.3, -0.25) is 14.4 Å². The lowest BCUT2D eigenvalue weighted by atomic mass is 9.91. The summed E-state index contributed by atoms with van der Waals surface area (Å²) in [7, 11) is 0. The second-order valence-electron chi connectivity index (χ2n) is 14.6. The third kappa shape index (κ3) is 8.70. The molecule has 12 heteroatoms. The van der Waals surface area contributed by atoms with Crippen LogP contribution >= 0.6 is 11.6 Å². The number of halogens is 1. The van der Waals surface area contributed by atoms with Gasteiger partial charge in [-0.2, -0.15) is 5.26 Å². The third-order valence-electron chi connectivity index (χ3n) is 10.6. The standard InChI is InChI=1S/C48H37ClN4O7/c49-38-8-4-5-31(21-38)28-59-39-19-17-34(18-20-39)44-46(55)51-40-23-36-24-42(53(27-37(36)25-43(40)60-44)47(56)35-6-2-1-3-7-35)45(54)52-41(48(57)58)22-29-9-13-32(14-10-29)33-15-11-30(26-50)12-16-33/h1-21,23,25,41-42,44H,22,24,27-28H2,(H,51,55)(H,52,54)(H,57,58)/t41-,42?,44?/m0/s1. The Morgan fingerprint density at radius 2 is 1.58 bits per heavy atom. The molecule has 0 fully saturated rings. The first kappa shape index (κ1) is 39.4. The Balaban J connectivity index is 0.995.